The van der Waals surface area contributed by atoms with Gasteiger partial charge in [-0.05, 0) is 31.5 Å². The third kappa shape index (κ3) is 3.13. The zero-order valence-corrected chi connectivity index (χ0v) is 9.12. The van der Waals surface area contributed by atoms with Crippen molar-refractivity contribution in [1.82, 2.24) is 4.98 Å². The first-order valence-corrected chi connectivity index (χ1v) is 4.79. The molecule has 1 rings (SSSR count). The van der Waals surface area contributed by atoms with E-state index < -0.39 is 0 Å². The van der Waals surface area contributed by atoms with Gasteiger partial charge >= 0.3 is 0 Å². The molecule has 0 aliphatic rings. The Morgan fingerprint density at radius 2 is 2.33 bits per heavy atom. The van der Waals surface area contributed by atoms with E-state index in [1.165, 1.54) is 0 Å². The Morgan fingerprint density at radius 1 is 1.60 bits per heavy atom. The lowest BCUT2D eigenvalue weighted by Crippen LogP contribution is -2.02. The summed E-state index contributed by atoms with van der Waals surface area (Å²) in [5.74, 6) is 0. The lowest BCUT2D eigenvalue weighted by atomic mass is 10.1. The van der Waals surface area contributed by atoms with Gasteiger partial charge in [0.15, 0.2) is 0 Å². The maximum atomic E-state index is 7.49. The van der Waals surface area contributed by atoms with Gasteiger partial charge in [-0.15, -0.1) is 6.58 Å². The molecule has 15 heavy (non-hydrogen) atoms. The molecule has 0 spiro atoms. The molecule has 0 unspecified atom stereocenters. The van der Waals surface area contributed by atoms with Gasteiger partial charge in [0.05, 0.1) is 18.0 Å². The predicted molar refractivity (Wildman–Crippen MR) is 64.0 cm³/mol. The second-order valence-corrected chi connectivity index (χ2v) is 3.27. The Balaban J connectivity index is 2.99. The average molecular weight is 201 g/mol. The summed E-state index contributed by atoms with van der Waals surface area (Å²) in [7, 11) is 0. The monoisotopic (exact) mass is 201 g/mol. The van der Waals surface area contributed by atoms with E-state index in [0.29, 0.717) is 18.0 Å². The molecule has 1 heterocycles. The number of nitrogens with zero attached hydrogens (tertiary/aromatic N) is 2. The van der Waals surface area contributed by atoms with Gasteiger partial charge < -0.3 is 5.41 Å². The van der Waals surface area contributed by atoms with E-state index in [0.717, 1.165) is 11.3 Å². The van der Waals surface area contributed by atoms with Gasteiger partial charge in [0.25, 0.3) is 0 Å². The van der Waals surface area contributed by atoms with Crippen molar-refractivity contribution < 1.29 is 0 Å². The van der Waals surface area contributed by atoms with Gasteiger partial charge in [0.1, 0.15) is 0 Å². The molecular weight excluding hydrogens is 186 g/mol. The van der Waals surface area contributed by atoms with Gasteiger partial charge in [0.2, 0.25) is 0 Å². The van der Waals surface area contributed by atoms with Crippen LogP contribution in [0.1, 0.15) is 25.1 Å². The van der Waals surface area contributed by atoms with Gasteiger partial charge in [-0.2, -0.15) is 0 Å². The number of hydrogen-bond acceptors (Lipinski definition) is 3. The number of hydrogen-bond donors (Lipinski definition) is 1. The van der Waals surface area contributed by atoms with Gasteiger partial charge in [-0.1, -0.05) is 6.08 Å². The number of nitrogens with one attached hydrogen (secondary N) is 1. The molecule has 0 saturated carbocycles. The minimum atomic E-state index is 0.466. The van der Waals surface area contributed by atoms with Crippen LogP contribution in [0.4, 0.5) is 0 Å². The summed E-state index contributed by atoms with van der Waals surface area (Å²) in [6.07, 6.45) is 3.46. The fourth-order valence-corrected chi connectivity index (χ4v) is 1.15. The van der Waals surface area contributed by atoms with E-state index in [4.69, 9.17) is 5.41 Å². The van der Waals surface area contributed by atoms with E-state index in [2.05, 4.69) is 16.6 Å². The number of aliphatic imine (C=N–C) groups is 1. The van der Waals surface area contributed by atoms with Crippen molar-refractivity contribution in [2.45, 2.75) is 13.8 Å². The normalized spacial score (nSPS) is 11.2. The molecule has 3 heteroatoms. The number of rotatable bonds is 4. The zero-order valence-electron chi connectivity index (χ0n) is 9.12. The van der Waals surface area contributed by atoms with Gasteiger partial charge in [0, 0.05) is 11.9 Å². The van der Waals surface area contributed by atoms with Crippen LogP contribution in [0.3, 0.4) is 0 Å². The first-order chi connectivity index (χ1) is 7.15. The number of pyridine rings is 1. The fourth-order valence-electron chi connectivity index (χ4n) is 1.15. The fraction of sp³-hybridized carbons (Fsp3) is 0.250. The zero-order chi connectivity index (χ0) is 11.3. The Labute approximate surface area is 90.1 Å². The molecule has 0 bridgehead atoms. The van der Waals surface area contributed by atoms with Crippen molar-refractivity contribution in [3.05, 3.63) is 42.2 Å². The van der Waals surface area contributed by atoms with E-state index in [9.17, 15) is 0 Å². The molecule has 1 N–H and O–H groups in total. The highest BCUT2D eigenvalue weighted by Gasteiger charge is 2.01. The molecule has 1 aromatic rings. The molecular formula is C12H15N3. The highest BCUT2D eigenvalue weighted by Crippen LogP contribution is 2.04. The maximum absolute atomic E-state index is 7.49. The third-order valence-corrected chi connectivity index (χ3v) is 2.02. The molecule has 0 radical (unpaired) electrons. The summed E-state index contributed by atoms with van der Waals surface area (Å²) in [4.78, 5) is 8.42. The summed E-state index contributed by atoms with van der Waals surface area (Å²) in [5.41, 5.74) is 3.11. The highest BCUT2D eigenvalue weighted by atomic mass is 14.7. The van der Waals surface area contributed by atoms with Crippen molar-refractivity contribution in [2.75, 3.05) is 6.54 Å². The lowest BCUT2D eigenvalue weighted by molar-refractivity contribution is 1.22. The maximum Gasteiger partial charge on any atom is 0.0840 e. The van der Waals surface area contributed by atoms with Crippen LogP contribution in [-0.2, 0) is 0 Å². The van der Waals surface area contributed by atoms with E-state index >= 15 is 0 Å². The second-order valence-electron chi connectivity index (χ2n) is 3.27. The van der Waals surface area contributed by atoms with Crippen LogP contribution >= 0.6 is 0 Å². The smallest absolute Gasteiger partial charge is 0.0840 e. The lowest BCUT2D eigenvalue weighted by Gasteiger charge is -2.02. The first-order valence-electron chi connectivity index (χ1n) is 4.79. The molecule has 1 aromatic heterocycles. The van der Waals surface area contributed by atoms with Crippen molar-refractivity contribution in [1.29, 1.82) is 5.41 Å². The SMILES string of the molecule is C=CCN=C(C)c1ccnc(C(C)=N)c1. The number of aromatic nitrogens is 1. The Bertz CT molecular complexity index is 405. The molecule has 3 nitrogen and oxygen atoms in total. The highest BCUT2D eigenvalue weighted by molar-refractivity contribution is 6.01. The van der Waals surface area contributed by atoms with Crippen LogP contribution in [0.5, 0.6) is 0 Å². The summed E-state index contributed by atoms with van der Waals surface area (Å²) in [6.45, 7) is 7.91. The largest absolute Gasteiger partial charge is 0.303 e. The Kier molecular flexibility index (Phi) is 3.92. The van der Waals surface area contributed by atoms with E-state index in [1.807, 2.05) is 19.1 Å². The van der Waals surface area contributed by atoms with Gasteiger partial charge in [-0.3, -0.25) is 9.98 Å². The minimum absolute atomic E-state index is 0.466. The molecule has 0 atom stereocenters. The molecule has 0 saturated heterocycles. The minimum Gasteiger partial charge on any atom is -0.303 e. The summed E-state index contributed by atoms with van der Waals surface area (Å²) in [5, 5.41) is 7.49. The molecule has 78 valence electrons. The van der Waals surface area contributed by atoms with Crippen LogP contribution in [0, 0.1) is 5.41 Å². The van der Waals surface area contributed by atoms with E-state index in [-0.39, 0.29) is 0 Å². The third-order valence-electron chi connectivity index (χ3n) is 2.02. The van der Waals surface area contributed by atoms with Crippen LogP contribution in [0.15, 0.2) is 36.0 Å². The molecule has 0 amide bonds. The van der Waals surface area contributed by atoms with Crippen LogP contribution < -0.4 is 0 Å². The van der Waals surface area contributed by atoms with Crippen LogP contribution in [0.2, 0.25) is 0 Å². The first kappa shape index (κ1) is 11.3. The van der Waals surface area contributed by atoms with Gasteiger partial charge in [-0.25, -0.2) is 0 Å². The van der Waals surface area contributed by atoms with E-state index in [1.54, 1.807) is 19.2 Å². The summed E-state index contributed by atoms with van der Waals surface area (Å²) in [6, 6.07) is 3.78. The average Bonchev–Trinajstić information content (AvgIpc) is 2.26. The predicted octanol–water partition coefficient (Wildman–Crippen LogP) is 2.46. The summed E-state index contributed by atoms with van der Waals surface area (Å²) >= 11 is 0. The topological polar surface area (TPSA) is 49.1 Å². The molecule has 0 aromatic carbocycles. The second kappa shape index (κ2) is 5.20. The quantitative estimate of drug-likeness (QED) is 0.590. The molecule has 0 fully saturated rings. The van der Waals surface area contributed by atoms with Crippen molar-refractivity contribution in [2.24, 2.45) is 4.99 Å². The standard InChI is InChI=1S/C12H15N3/c1-4-6-14-10(3)11-5-7-15-12(8-11)9(2)13/h4-5,7-8,13H,1,6H2,2-3H3. The summed E-state index contributed by atoms with van der Waals surface area (Å²) < 4.78 is 0. The molecule has 0 aliphatic heterocycles. The molecule has 0 aliphatic carbocycles. The Hall–Kier alpha value is -1.77. The van der Waals surface area contributed by atoms with Crippen molar-refractivity contribution in [3.63, 3.8) is 0 Å². The van der Waals surface area contributed by atoms with Crippen molar-refractivity contribution in [3.8, 4) is 0 Å². The van der Waals surface area contributed by atoms with Crippen LogP contribution in [-0.4, -0.2) is 23.0 Å². The Morgan fingerprint density at radius 3 is 2.93 bits per heavy atom. The van der Waals surface area contributed by atoms with Crippen molar-refractivity contribution >= 4 is 11.4 Å². The van der Waals surface area contributed by atoms with Crippen LogP contribution in [0.25, 0.3) is 0 Å².